The van der Waals surface area contributed by atoms with Crippen molar-refractivity contribution in [3.8, 4) is 0 Å². The Kier molecular flexibility index (Phi) is 3.87. The highest BCUT2D eigenvalue weighted by atomic mass is 16.6. The van der Waals surface area contributed by atoms with Gasteiger partial charge in [-0.3, -0.25) is 14.4 Å². The lowest BCUT2D eigenvalue weighted by Gasteiger charge is -2.29. The van der Waals surface area contributed by atoms with Crippen LogP contribution in [0.3, 0.4) is 0 Å². The molecule has 0 aromatic heterocycles. The number of carbonyl (C=O) groups is 3. The maximum Gasteiger partial charge on any atom is 0.326 e. The van der Waals surface area contributed by atoms with Gasteiger partial charge in [-0.25, -0.2) is 0 Å². The molecule has 0 unspecified atom stereocenters. The summed E-state index contributed by atoms with van der Waals surface area (Å²) >= 11 is 0. The zero-order valence-electron chi connectivity index (χ0n) is 10.3. The summed E-state index contributed by atoms with van der Waals surface area (Å²) in [5, 5.41) is 0. The molecular weight excluding hydrogens is 228 g/mol. The van der Waals surface area contributed by atoms with Crippen molar-refractivity contribution in [3.05, 3.63) is 0 Å². The maximum atomic E-state index is 11.9. The first-order valence-corrected chi connectivity index (χ1v) is 5.21. The van der Waals surface area contributed by atoms with Gasteiger partial charge in [0.2, 0.25) is 5.41 Å². The summed E-state index contributed by atoms with van der Waals surface area (Å²) in [6.07, 6.45) is -1.14. The average Bonchev–Trinajstić information content (AvgIpc) is 2.65. The van der Waals surface area contributed by atoms with E-state index in [-0.39, 0.29) is 6.61 Å². The van der Waals surface area contributed by atoms with E-state index >= 15 is 0 Å². The van der Waals surface area contributed by atoms with E-state index in [0.29, 0.717) is 0 Å². The molecule has 1 fully saturated rings. The molecule has 0 aromatic carbocycles. The molecule has 0 spiro atoms. The van der Waals surface area contributed by atoms with Gasteiger partial charge in [0.1, 0.15) is 6.10 Å². The summed E-state index contributed by atoms with van der Waals surface area (Å²) < 4.78 is 14.5. The smallest absolute Gasteiger partial charge is 0.326 e. The molecule has 0 radical (unpaired) electrons. The minimum absolute atomic E-state index is 0.133. The second kappa shape index (κ2) is 4.83. The first kappa shape index (κ1) is 13.6. The van der Waals surface area contributed by atoms with Gasteiger partial charge in [-0.1, -0.05) is 6.92 Å². The molecule has 1 heterocycles. The van der Waals surface area contributed by atoms with Crippen LogP contribution in [0.4, 0.5) is 0 Å². The number of hydrogen-bond donors (Lipinski definition) is 0. The number of methoxy groups -OCH3 is 2. The van der Waals surface area contributed by atoms with Gasteiger partial charge in [-0.15, -0.1) is 0 Å². The van der Waals surface area contributed by atoms with Crippen LogP contribution in [0.25, 0.3) is 0 Å². The van der Waals surface area contributed by atoms with Gasteiger partial charge >= 0.3 is 11.9 Å². The van der Waals surface area contributed by atoms with Crippen LogP contribution in [0.1, 0.15) is 13.8 Å². The molecule has 6 heteroatoms. The molecule has 0 aliphatic carbocycles. The van der Waals surface area contributed by atoms with E-state index in [9.17, 15) is 14.4 Å². The molecule has 0 saturated carbocycles. The fraction of sp³-hybridized carbons (Fsp3) is 0.727. The molecule has 1 saturated heterocycles. The lowest BCUT2D eigenvalue weighted by molar-refractivity contribution is -0.177. The summed E-state index contributed by atoms with van der Waals surface area (Å²) in [4.78, 5) is 35.3. The van der Waals surface area contributed by atoms with Gasteiger partial charge in [-0.05, 0) is 6.92 Å². The van der Waals surface area contributed by atoms with Gasteiger partial charge in [0, 0.05) is 5.92 Å². The van der Waals surface area contributed by atoms with Crippen molar-refractivity contribution in [1.29, 1.82) is 0 Å². The molecule has 1 aliphatic heterocycles. The second-order valence-corrected chi connectivity index (χ2v) is 4.08. The molecule has 1 rings (SSSR count). The Labute approximate surface area is 99.2 Å². The van der Waals surface area contributed by atoms with Crippen molar-refractivity contribution in [3.63, 3.8) is 0 Å². The average molecular weight is 244 g/mol. The van der Waals surface area contributed by atoms with Gasteiger partial charge in [0.05, 0.1) is 20.8 Å². The fourth-order valence-electron chi connectivity index (χ4n) is 2.24. The Morgan fingerprint density at radius 2 is 1.65 bits per heavy atom. The third-order valence-corrected chi connectivity index (χ3v) is 3.12. The van der Waals surface area contributed by atoms with Crippen LogP contribution in [0, 0.1) is 11.3 Å². The van der Waals surface area contributed by atoms with Crippen LogP contribution >= 0.6 is 0 Å². The van der Waals surface area contributed by atoms with E-state index in [4.69, 9.17) is 4.74 Å². The monoisotopic (exact) mass is 244 g/mol. The number of Topliss-reactive ketones (excluding diaryl/α,β-unsaturated/α-hetero) is 1. The third kappa shape index (κ3) is 1.82. The summed E-state index contributed by atoms with van der Waals surface area (Å²) in [6.45, 7) is 3.05. The molecule has 6 nitrogen and oxygen atoms in total. The summed E-state index contributed by atoms with van der Waals surface area (Å²) in [6, 6.07) is 0. The molecular formula is C11H16O6. The predicted molar refractivity (Wildman–Crippen MR) is 56.1 cm³/mol. The van der Waals surface area contributed by atoms with Crippen molar-refractivity contribution in [2.75, 3.05) is 20.8 Å². The first-order valence-electron chi connectivity index (χ1n) is 5.21. The van der Waals surface area contributed by atoms with Crippen molar-refractivity contribution < 1.29 is 28.6 Å². The highest BCUT2D eigenvalue weighted by Crippen LogP contribution is 2.42. The van der Waals surface area contributed by atoms with Crippen LogP contribution in [-0.4, -0.2) is 44.7 Å². The summed E-state index contributed by atoms with van der Waals surface area (Å²) in [5.74, 6) is -2.47. The minimum Gasteiger partial charge on any atom is -0.468 e. The van der Waals surface area contributed by atoms with E-state index in [1.807, 2.05) is 0 Å². The van der Waals surface area contributed by atoms with Gasteiger partial charge in [0.15, 0.2) is 5.78 Å². The van der Waals surface area contributed by atoms with Gasteiger partial charge < -0.3 is 14.2 Å². The number of rotatable bonds is 3. The molecule has 17 heavy (non-hydrogen) atoms. The minimum atomic E-state index is -1.69. The van der Waals surface area contributed by atoms with Crippen LogP contribution in [0.2, 0.25) is 0 Å². The number of carbonyl (C=O) groups excluding carboxylic acids is 3. The van der Waals surface area contributed by atoms with Crippen LogP contribution in [-0.2, 0) is 28.6 Å². The molecule has 1 aliphatic rings. The van der Waals surface area contributed by atoms with Gasteiger partial charge in [-0.2, -0.15) is 0 Å². The zero-order chi connectivity index (χ0) is 13.2. The lowest BCUT2D eigenvalue weighted by Crippen LogP contribution is -2.53. The van der Waals surface area contributed by atoms with E-state index in [1.165, 1.54) is 6.92 Å². The van der Waals surface area contributed by atoms with E-state index < -0.39 is 35.2 Å². The number of esters is 2. The highest BCUT2D eigenvalue weighted by Gasteiger charge is 2.64. The molecule has 96 valence electrons. The Morgan fingerprint density at radius 3 is 2.00 bits per heavy atom. The molecule has 0 bridgehead atoms. The quantitative estimate of drug-likeness (QED) is 0.511. The molecule has 0 aromatic rings. The SMILES string of the molecule is COC(=O)C1(C(=O)OC)[C@H](C)CO[C@H]1C(C)=O. The topological polar surface area (TPSA) is 78.9 Å². The lowest BCUT2D eigenvalue weighted by atomic mass is 9.73. The van der Waals surface area contributed by atoms with Crippen molar-refractivity contribution in [1.82, 2.24) is 0 Å². The van der Waals surface area contributed by atoms with E-state index in [2.05, 4.69) is 9.47 Å². The summed E-state index contributed by atoms with van der Waals surface area (Å²) in [5.41, 5.74) is -1.69. The van der Waals surface area contributed by atoms with Crippen LogP contribution < -0.4 is 0 Å². The standard InChI is InChI=1S/C11H16O6/c1-6-5-17-8(7(2)12)11(6,9(13)15-3)10(14)16-4/h6,8H,5H2,1-4H3/t6-,8+/m1/s1. The van der Waals surface area contributed by atoms with E-state index in [0.717, 1.165) is 14.2 Å². The number of ketones is 1. The highest BCUT2D eigenvalue weighted by molar-refractivity contribution is 6.06. The van der Waals surface area contributed by atoms with Crippen molar-refractivity contribution in [2.24, 2.45) is 11.3 Å². The third-order valence-electron chi connectivity index (χ3n) is 3.12. The summed E-state index contributed by atoms with van der Waals surface area (Å²) in [7, 11) is 2.32. The number of ether oxygens (including phenoxy) is 3. The Morgan fingerprint density at radius 1 is 1.18 bits per heavy atom. The first-order chi connectivity index (χ1) is 7.92. The predicted octanol–water partition coefficient (Wildman–Crippen LogP) is -0.0573. The molecule has 0 N–H and O–H groups in total. The maximum absolute atomic E-state index is 11.9. The Hall–Kier alpha value is -1.43. The number of hydrogen-bond acceptors (Lipinski definition) is 6. The van der Waals surface area contributed by atoms with Crippen LogP contribution in [0.5, 0.6) is 0 Å². The largest absolute Gasteiger partial charge is 0.468 e. The molecule has 0 amide bonds. The van der Waals surface area contributed by atoms with E-state index in [1.54, 1.807) is 6.92 Å². The van der Waals surface area contributed by atoms with Crippen molar-refractivity contribution >= 4 is 17.7 Å². The fourth-order valence-corrected chi connectivity index (χ4v) is 2.24. The second-order valence-electron chi connectivity index (χ2n) is 4.08. The Bertz CT molecular complexity index is 332. The molecule has 2 atom stereocenters. The van der Waals surface area contributed by atoms with Gasteiger partial charge in [0.25, 0.3) is 0 Å². The van der Waals surface area contributed by atoms with Crippen molar-refractivity contribution in [2.45, 2.75) is 20.0 Å². The Balaban J connectivity index is 3.31. The normalized spacial score (nSPS) is 26.4. The van der Waals surface area contributed by atoms with Crippen LogP contribution in [0.15, 0.2) is 0 Å². The zero-order valence-corrected chi connectivity index (χ0v) is 10.3.